The molecule has 0 atom stereocenters. The topological polar surface area (TPSA) is 78.2 Å². The number of amides is 1. The van der Waals surface area contributed by atoms with Gasteiger partial charge >= 0.3 is 0 Å². The van der Waals surface area contributed by atoms with Crippen molar-refractivity contribution in [2.75, 3.05) is 33.2 Å². The Labute approximate surface area is 187 Å². The predicted molar refractivity (Wildman–Crippen MR) is 128 cm³/mol. The number of likely N-dealkylation sites (N-methyl/N-ethyl adjacent to an activating group) is 1. The molecule has 0 bridgehead atoms. The van der Waals surface area contributed by atoms with Crippen LogP contribution >= 0.6 is 0 Å². The highest BCUT2D eigenvalue weighted by Crippen LogP contribution is 2.31. The van der Waals surface area contributed by atoms with E-state index in [1.165, 1.54) is 11.1 Å². The number of carbonyl (C=O) groups is 1. The van der Waals surface area contributed by atoms with Gasteiger partial charge in [0.25, 0.3) is 0 Å². The van der Waals surface area contributed by atoms with Crippen LogP contribution in [0.25, 0.3) is 33.3 Å². The molecule has 6 heteroatoms. The van der Waals surface area contributed by atoms with E-state index in [1.54, 1.807) is 12.1 Å². The van der Waals surface area contributed by atoms with E-state index < -0.39 is 5.91 Å². The van der Waals surface area contributed by atoms with Crippen molar-refractivity contribution in [1.29, 1.82) is 0 Å². The number of piperazine rings is 1. The highest BCUT2D eigenvalue weighted by Gasteiger charge is 2.14. The fraction of sp³-hybridized carbons (Fsp3) is 0.231. The summed E-state index contributed by atoms with van der Waals surface area (Å²) in [6.07, 6.45) is 3.87. The maximum Gasteiger partial charge on any atom is 0.248 e. The summed E-state index contributed by atoms with van der Waals surface area (Å²) in [6, 6.07) is 18.3. The molecule has 1 saturated heterocycles. The molecule has 162 valence electrons. The van der Waals surface area contributed by atoms with Crippen LogP contribution in [-0.2, 0) is 6.54 Å². The van der Waals surface area contributed by atoms with Gasteiger partial charge in [-0.05, 0) is 41.9 Å². The van der Waals surface area contributed by atoms with E-state index in [0.29, 0.717) is 5.56 Å². The molecule has 0 radical (unpaired) electrons. The summed E-state index contributed by atoms with van der Waals surface area (Å²) >= 11 is 0. The molecule has 3 heterocycles. The number of aromatic amines is 1. The van der Waals surface area contributed by atoms with E-state index in [4.69, 9.17) is 5.73 Å². The van der Waals surface area contributed by atoms with Gasteiger partial charge in [0.1, 0.15) is 5.65 Å². The van der Waals surface area contributed by atoms with Gasteiger partial charge in [-0.1, -0.05) is 36.4 Å². The first-order chi connectivity index (χ1) is 15.6. The van der Waals surface area contributed by atoms with Crippen molar-refractivity contribution in [1.82, 2.24) is 19.8 Å². The second-order valence-corrected chi connectivity index (χ2v) is 8.54. The van der Waals surface area contributed by atoms with Crippen molar-refractivity contribution in [2.24, 2.45) is 5.73 Å². The minimum Gasteiger partial charge on any atom is -0.366 e. The van der Waals surface area contributed by atoms with Crippen molar-refractivity contribution < 1.29 is 4.79 Å². The zero-order chi connectivity index (χ0) is 22.1. The summed E-state index contributed by atoms with van der Waals surface area (Å²) in [7, 11) is 2.18. The van der Waals surface area contributed by atoms with E-state index >= 15 is 0 Å². The summed E-state index contributed by atoms with van der Waals surface area (Å²) in [5.41, 5.74) is 12.4. The van der Waals surface area contributed by atoms with Gasteiger partial charge in [-0.25, -0.2) is 4.98 Å². The van der Waals surface area contributed by atoms with Crippen LogP contribution in [0.5, 0.6) is 0 Å². The number of carbonyl (C=O) groups excluding carboxylic acids is 1. The molecule has 2 aromatic carbocycles. The van der Waals surface area contributed by atoms with Crippen LogP contribution in [-0.4, -0.2) is 58.9 Å². The first-order valence-corrected chi connectivity index (χ1v) is 10.9. The number of pyridine rings is 1. The van der Waals surface area contributed by atoms with Gasteiger partial charge < -0.3 is 15.6 Å². The highest BCUT2D eigenvalue weighted by molar-refractivity contribution is 5.96. The molecule has 1 amide bonds. The van der Waals surface area contributed by atoms with E-state index in [-0.39, 0.29) is 0 Å². The third-order valence-electron chi connectivity index (χ3n) is 6.30. The van der Waals surface area contributed by atoms with Crippen LogP contribution in [0.1, 0.15) is 15.9 Å². The molecule has 2 aromatic heterocycles. The Morgan fingerprint density at radius 2 is 1.66 bits per heavy atom. The molecule has 1 fully saturated rings. The van der Waals surface area contributed by atoms with Crippen molar-refractivity contribution >= 4 is 16.9 Å². The normalized spacial score (nSPS) is 15.3. The second kappa shape index (κ2) is 8.57. The molecular formula is C26H27N5O. The molecule has 0 aliphatic carbocycles. The molecule has 0 saturated carbocycles. The standard InChI is InChI=1S/C26H27N5O/c1-30-10-12-31(13-11-30)17-18-2-4-20(5-3-18)24-16-29-26-23(24)14-22(15-28-26)19-6-8-21(9-7-19)25(27)32/h2-9,14-16H,10-13,17H2,1H3,(H2,27,32)(H,28,29). The van der Waals surface area contributed by atoms with Crippen LogP contribution in [0, 0.1) is 0 Å². The Bertz CT molecular complexity index is 1240. The number of primary amides is 1. The number of H-pyrrole nitrogens is 1. The number of fused-ring (bicyclic) bond motifs is 1. The van der Waals surface area contributed by atoms with Gasteiger partial charge in [0.15, 0.2) is 0 Å². The molecule has 3 N–H and O–H groups in total. The van der Waals surface area contributed by atoms with Crippen molar-refractivity contribution in [3.63, 3.8) is 0 Å². The maximum absolute atomic E-state index is 11.3. The Kier molecular flexibility index (Phi) is 5.47. The van der Waals surface area contributed by atoms with Crippen molar-refractivity contribution in [2.45, 2.75) is 6.54 Å². The van der Waals surface area contributed by atoms with E-state index in [9.17, 15) is 4.79 Å². The van der Waals surface area contributed by atoms with E-state index in [0.717, 1.165) is 60.4 Å². The SMILES string of the molecule is CN1CCN(Cc2ccc(-c3c[nH]c4ncc(-c5ccc(C(N)=O)cc5)cc34)cc2)CC1. The number of aromatic nitrogens is 2. The monoisotopic (exact) mass is 425 g/mol. The number of nitrogens with one attached hydrogen (secondary N) is 1. The Hall–Kier alpha value is -3.48. The van der Waals surface area contributed by atoms with Gasteiger partial charge in [0.2, 0.25) is 5.91 Å². The lowest BCUT2D eigenvalue weighted by molar-refractivity contribution is 0.100. The average molecular weight is 426 g/mol. The van der Waals surface area contributed by atoms with Crippen LogP contribution in [0.2, 0.25) is 0 Å². The van der Waals surface area contributed by atoms with Gasteiger partial charge in [-0.2, -0.15) is 0 Å². The maximum atomic E-state index is 11.3. The molecule has 5 rings (SSSR count). The molecule has 4 aromatic rings. The van der Waals surface area contributed by atoms with Crippen LogP contribution < -0.4 is 5.73 Å². The minimum atomic E-state index is -0.422. The lowest BCUT2D eigenvalue weighted by Crippen LogP contribution is -2.43. The molecule has 32 heavy (non-hydrogen) atoms. The van der Waals surface area contributed by atoms with E-state index in [1.807, 2.05) is 24.5 Å². The second-order valence-electron chi connectivity index (χ2n) is 8.54. The predicted octanol–water partition coefficient (Wildman–Crippen LogP) is 3.74. The van der Waals surface area contributed by atoms with Gasteiger partial charge in [0, 0.05) is 67.2 Å². The number of hydrogen-bond donors (Lipinski definition) is 2. The van der Waals surface area contributed by atoms with Gasteiger partial charge in [-0.15, -0.1) is 0 Å². The Morgan fingerprint density at radius 3 is 2.34 bits per heavy atom. The Morgan fingerprint density at radius 1 is 0.969 bits per heavy atom. The smallest absolute Gasteiger partial charge is 0.248 e. The fourth-order valence-electron chi connectivity index (χ4n) is 4.28. The average Bonchev–Trinajstić information content (AvgIpc) is 3.24. The number of rotatable bonds is 5. The largest absolute Gasteiger partial charge is 0.366 e. The zero-order valence-corrected chi connectivity index (χ0v) is 18.2. The molecule has 0 unspecified atom stereocenters. The highest BCUT2D eigenvalue weighted by atomic mass is 16.1. The third kappa shape index (κ3) is 4.15. The molecular weight excluding hydrogens is 398 g/mol. The fourth-order valence-corrected chi connectivity index (χ4v) is 4.28. The lowest BCUT2D eigenvalue weighted by atomic mass is 10.0. The van der Waals surface area contributed by atoms with E-state index in [2.05, 4.69) is 57.1 Å². The van der Waals surface area contributed by atoms with Crippen LogP contribution in [0.15, 0.2) is 67.0 Å². The number of nitrogens with zero attached hydrogens (tertiary/aromatic N) is 3. The molecule has 1 aliphatic heterocycles. The summed E-state index contributed by atoms with van der Waals surface area (Å²) in [6.45, 7) is 5.50. The number of benzene rings is 2. The molecule has 0 spiro atoms. The van der Waals surface area contributed by atoms with Crippen LogP contribution in [0.4, 0.5) is 0 Å². The Balaban J connectivity index is 1.39. The lowest BCUT2D eigenvalue weighted by Gasteiger charge is -2.32. The quantitative estimate of drug-likeness (QED) is 0.511. The van der Waals surface area contributed by atoms with Crippen molar-refractivity contribution in [3.05, 3.63) is 78.1 Å². The zero-order valence-electron chi connectivity index (χ0n) is 18.2. The van der Waals surface area contributed by atoms with Gasteiger partial charge in [0.05, 0.1) is 0 Å². The van der Waals surface area contributed by atoms with Crippen LogP contribution in [0.3, 0.4) is 0 Å². The summed E-state index contributed by atoms with van der Waals surface area (Å²) < 4.78 is 0. The first-order valence-electron chi connectivity index (χ1n) is 10.9. The molecule has 1 aliphatic rings. The number of hydrogen-bond acceptors (Lipinski definition) is 4. The number of nitrogens with two attached hydrogens (primary N) is 1. The summed E-state index contributed by atoms with van der Waals surface area (Å²) in [5.74, 6) is -0.422. The summed E-state index contributed by atoms with van der Waals surface area (Å²) in [4.78, 5) is 24.1. The third-order valence-corrected chi connectivity index (χ3v) is 6.30. The molecule has 6 nitrogen and oxygen atoms in total. The minimum absolute atomic E-state index is 0.422. The van der Waals surface area contributed by atoms with Gasteiger partial charge in [-0.3, -0.25) is 9.69 Å². The first kappa shape index (κ1) is 20.4. The van der Waals surface area contributed by atoms with Crippen molar-refractivity contribution in [3.8, 4) is 22.3 Å². The summed E-state index contributed by atoms with van der Waals surface area (Å²) in [5, 5.41) is 1.08.